The SMILES string of the molecule is Cc1c(O)cccc1-c1ccc2[nH]nc(-c3nc4ccccc4[nH]3)c2c1. The molecule has 5 rings (SSSR count). The van der Waals surface area contributed by atoms with Gasteiger partial charge in [-0.2, -0.15) is 5.10 Å². The van der Waals surface area contributed by atoms with Crippen LogP contribution in [-0.2, 0) is 0 Å². The fourth-order valence-electron chi connectivity index (χ4n) is 3.36. The highest BCUT2D eigenvalue weighted by Crippen LogP contribution is 2.33. The van der Waals surface area contributed by atoms with Gasteiger partial charge in [-0.25, -0.2) is 4.98 Å². The molecule has 0 aliphatic carbocycles. The maximum Gasteiger partial charge on any atom is 0.159 e. The first-order valence-electron chi connectivity index (χ1n) is 8.43. The Morgan fingerprint density at radius 2 is 1.81 bits per heavy atom. The molecule has 0 aliphatic heterocycles. The van der Waals surface area contributed by atoms with Crippen LogP contribution in [0, 0.1) is 6.92 Å². The summed E-state index contributed by atoms with van der Waals surface area (Å²) in [6.45, 7) is 1.92. The number of imidazole rings is 1. The van der Waals surface area contributed by atoms with Crippen molar-refractivity contribution in [3.8, 4) is 28.4 Å². The van der Waals surface area contributed by atoms with E-state index < -0.39 is 0 Å². The molecule has 0 amide bonds. The van der Waals surface area contributed by atoms with E-state index in [1.165, 1.54) is 0 Å². The summed E-state index contributed by atoms with van der Waals surface area (Å²) in [6, 6.07) is 19.6. The van der Waals surface area contributed by atoms with Crippen molar-refractivity contribution >= 4 is 21.9 Å². The monoisotopic (exact) mass is 340 g/mol. The van der Waals surface area contributed by atoms with Crippen molar-refractivity contribution < 1.29 is 5.11 Å². The molecule has 2 heterocycles. The molecular weight excluding hydrogens is 324 g/mol. The summed E-state index contributed by atoms with van der Waals surface area (Å²) >= 11 is 0. The Labute approximate surface area is 149 Å². The third-order valence-electron chi connectivity index (χ3n) is 4.79. The van der Waals surface area contributed by atoms with Gasteiger partial charge in [-0.05, 0) is 53.9 Å². The quantitative estimate of drug-likeness (QED) is 0.432. The molecule has 126 valence electrons. The highest BCUT2D eigenvalue weighted by atomic mass is 16.3. The molecule has 0 saturated heterocycles. The van der Waals surface area contributed by atoms with Gasteiger partial charge in [0.2, 0.25) is 0 Å². The number of hydrogen-bond donors (Lipinski definition) is 3. The van der Waals surface area contributed by atoms with Crippen LogP contribution in [0.5, 0.6) is 5.75 Å². The molecule has 0 bridgehead atoms. The first-order chi connectivity index (χ1) is 12.7. The third-order valence-corrected chi connectivity index (χ3v) is 4.79. The smallest absolute Gasteiger partial charge is 0.159 e. The summed E-state index contributed by atoms with van der Waals surface area (Å²) in [5, 5.41) is 18.5. The average Bonchev–Trinajstić information content (AvgIpc) is 3.26. The summed E-state index contributed by atoms with van der Waals surface area (Å²) in [5.74, 6) is 1.04. The molecule has 0 saturated carbocycles. The molecule has 0 atom stereocenters. The number of benzene rings is 3. The Morgan fingerprint density at radius 3 is 2.69 bits per heavy atom. The van der Waals surface area contributed by atoms with Crippen LogP contribution in [0.3, 0.4) is 0 Å². The lowest BCUT2D eigenvalue weighted by atomic mass is 9.98. The molecule has 0 fully saturated rings. The van der Waals surface area contributed by atoms with Gasteiger partial charge in [-0.15, -0.1) is 0 Å². The first kappa shape index (κ1) is 14.7. The zero-order valence-electron chi connectivity index (χ0n) is 14.1. The number of hydrogen-bond acceptors (Lipinski definition) is 3. The first-order valence-corrected chi connectivity index (χ1v) is 8.43. The Bertz CT molecular complexity index is 1230. The van der Waals surface area contributed by atoms with Crippen molar-refractivity contribution in [2.45, 2.75) is 6.92 Å². The largest absolute Gasteiger partial charge is 0.508 e. The molecule has 2 aromatic heterocycles. The number of para-hydroxylation sites is 2. The number of rotatable bonds is 2. The van der Waals surface area contributed by atoms with E-state index >= 15 is 0 Å². The second-order valence-electron chi connectivity index (χ2n) is 6.38. The van der Waals surface area contributed by atoms with Gasteiger partial charge in [-0.3, -0.25) is 5.10 Å². The normalized spacial score (nSPS) is 11.4. The van der Waals surface area contributed by atoms with Gasteiger partial charge in [0, 0.05) is 5.39 Å². The summed E-state index contributed by atoms with van der Waals surface area (Å²) in [6.07, 6.45) is 0. The van der Waals surface area contributed by atoms with Crippen LogP contribution in [0.15, 0.2) is 60.7 Å². The van der Waals surface area contributed by atoms with Gasteiger partial charge >= 0.3 is 0 Å². The molecule has 3 aromatic carbocycles. The molecule has 0 aliphatic rings. The van der Waals surface area contributed by atoms with E-state index in [0.717, 1.165) is 50.1 Å². The number of aromatic hydroxyl groups is 1. The van der Waals surface area contributed by atoms with Gasteiger partial charge in [0.25, 0.3) is 0 Å². The van der Waals surface area contributed by atoms with E-state index in [0.29, 0.717) is 5.75 Å². The van der Waals surface area contributed by atoms with Crippen LogP contribution in [0.4, 0.5) is 0 Å². The second kappa shape index (κ2) is 5.46. The van der Waals surface area contributed by atoms with Crippen LogP contribution < -0.4 is 0 Å². The van der Waals surface area contributed by atoms with E-state index in [1.54, 1.807) is 6.07 Å². The van der Waals surface area contributed by atoms with Crippen molar-refractivity contribution in [1.82, 2.24) is 20.2 Å². The highest BCUT2D eigenvalue weighted by Gasteiger charge is 2.14. The minimum absolute atomic E-state index is 0.298. The Balaban J connectivity index is 1.71. The number of aromatic nitrogens is 4. The van der Waals surface area contributed by atoms with Gasteiger partial charge in [-0.1, -0.05) is 30.3 Å². The minimum Gasteiger partial charge on any atom is -0.508 e. The van der Waals surface area contributed by atoms with Gasteiger partial charge in [0.1, 0.15) is 11.4 Å². The Kier molecular flexibility index (Phi) is 3.09. The molecule has 3 N–H and O–H groups in total. The standard InChI is InChI=1S/C21H16N4O/c1-12-14(5-4-8-19(12)26)13-9-10-16-15(11-13)20(25-24-16)21-22-17-6-2-3-7-18(17)23-21/h2-11,26H,1H3,(H,22,23)(H,24,25). The molecule has 5 heteroatoms. The number of nitrogens with one attached hydrogen (secondary N) is 2. The fraction of sp³-hybridized carbons (Fsp3) is 0.0476. The van der Waals surface area contributed by atoms with E-state index in [4.69, 9.17) is 0 Å². The molecule has 0 spiro atoms. The van der Waals surface area contributed by atoms with Crippen molar-refractivity contribution in [3.05, 3.63) is 66.2 Å². The number of fused-ring (bicyclic) bond motifs is 2. The highest BCUT2D eigenvalue weighted by molar-refractivity contribution is 5.96. The van der Waals surface area contributed by atoms with Gasteiger partial charge in [0.05, 0.1) is 16.6 Å². The van der Waals surface area contributed by atoms with Crippen LogP contribution in [-0.4, -0.2) is 25.3 Å². The number of aromatic amines is 2. The zero-order chi connectivity index (χ0) is 17.7. The lowest BCUT2D eigenvalue weighted by Crippen LogP contribution is -1.85. The molecule has 0 radical (unpaired) electrons. The van der Waals surface area contributed by atoms with Crippen LogP contribution >= 0.6 is 0 Å². The van der Waals surface area contributed by atoms with E-state index in [9.17, 15) is 5.11 Å². The third kappa shape index (κ3) is 2.18. The maximum atomic E-state index is 10.0. The van der Waals surface area contributed by atoms with Gasteiger partial charge < -0.3 is 10.1 Å². The fourth-order valence-corrected chi connectivity index (χ4v) is 3.36. The minimum atomic E-state index is 0.298. The Morgan fingerprint density at radius 1 is 0.923 bits per heavy atom. The van der Waals surface area contributed by atoms with Crippen LogP contribution in [0.25, 0.3) is 44.6 Å². The Hall–Kier alpha value is -3.60. The predicted octanol–water partition coefficient (Wildman–Crippen LogP) is 4.79. The summed E-state index contributed by atoms with van der Waals surface area (Å²) in [4.78, 5) is 8.00. The van der Waals surface area contributed by atoms with Crippen LogP contribution in [0.2, 0.25) is 0 Å². The maximum absolute atomic E-state index is 10.0. The lowest BCUT2D eigenvalue weighted by molar-refractivity contribution is 0.471. The average molecular weight is 340 g/mol. The topological polar surface area (TPSA) is 77.6 Å². The van der Waals surface area contributed by atoms with Crippen molar-refractivity contribution in [1.29, 1.82) is 0 Å². The molecule has 26 heavy (non-hydrogen) atoms. The van der Waals surface area contributed by atoms with E-state index in [2.05, 4.69) is 26.2 Å². The summed E-state index contributed by atoms with van der Waals surface area (Å²) in [7, 11) is 0. The van der Waals surface area contributed by atoms with Crippen molar-refractivity contribution in [3.63, 3.8) is 0 Å². The van der Waals surface area contributed by atoms with E-state index in [1.807, 2.05) is 55.5 Å². The predicted molar refractivity (Wildman–Crippen MR) is 103 cm³/mol. The molecule has 5 nitrogen and oxygen atoms in total. The number of H-pyrrole nitrogens is 2. The molecule has 0 unspecified atom stereocenters. The molecular formula is C21H16N4O. The van der Waals surface area contributed by atoms with E-state index in [-0.39, 0.29) is 0 Å². The van der Waals surface area contributed by atoms with Crippen molar-refractivity contribution in [2.24, 2.45) is 0 Å². The second-order valence-corrected chi connectivity index (χ2v) is 6.38. The number of phenols is 1. The summed E-state index contributed by atoms with van der Waals surface area (Å²) < 4.78 is 0. The van der Waals surface area contributed by atoms with Gasteiger partial charge in [0.15, 0.2) is 5.82 Å². The lowest BCUT2D eigenvalue weighted by Gasteiger charge is -2.08. The summed E-state index contributed by atoms with van der Waals surface area (Å²) in [5.41, 5.74) is 6.53. The molecule has 5 aromatic rings. The van der Waals surface area contributed by atoms with Crippen molar-refractivity contribution in [2.75, 3.05) is 0 Å². The number of phenolic OH excluding ortho intramolecular Hbond substituents is 1. The van der Waals surface area contributed by atoms with Crippen LogP contribution in [0.1, 0.15) is 5.56 Å². The zero-order valence-corrected chi connectivity index (χ0v) is 14.1. The number of nitrogens with zero attached hydrogens (tertiary/aromatic N) is 2.